The Kier molecular flexibility index (Phi) is 3.04. The van der Waals surface area contributed by atoms with Crippen LogP contribution in [0.1, 0.15) is 12.0 Å². The number of anilines is 2. The molecule has 2 bridgehead atoms. The first-order chi connectivity index (χ1) is 10.3. The minimum atomic E-state index is 0.574. The molecule has 2 unspecified atom stereocenters. The molecule has 2 aliphatic heterocycles. The second-order valence-corrected chi connectivity index (χ2v) is 6.02. The molecule has 0 spiro atoms. The van der Waals surface area contributed by atoms with Crippen molar-refractivity contribution in [3.05, 3.63) is 54.2 Å². The number of nitrogens with two attached hydrogens (primary N) is 1. The van der Waals surface area contributed by atoms with Gasteiger partial charge < -0.3 is 10.6 Å². The van der Waals surface area contributed by atoms with Crippen LogP contribution in [0.25, 0.3) is 0 Å². The van der Waals surface area contributed by atoms with Crippen LogP contribution in [0.15, 0.2) is 48.7 Å². The molecule has 0 amide bonds. The van der Waals surface area contributed by atoms with Gasteiger partial charge in [0.05, 0.1) is 5.69 Å². The minimum Gasteiger partial charge on any atom is -0.382 e. The van der Waals surface area contributed by atoms with E-state index in [4.69, 9.17) is 5.73 Å². The monoisotopic (exact) mass is 280 g/mol. The van der Waals surface area contributed by atoms with E-state index >= 15 is 0 Å². The summed E-state index contributed by atoms with van der Waals surface area (Å²) < 4.78 is 0. The molecule has 4 nitrogen and oxygen atoms in total. The Morgan fingerprint density at radius 3 is 2.62 bits per heavy atom. The SMILES string of the molecule is Nc1ncccc1N1CC2CC1CN2Cc1ccccc1. The number of nitrogen functional groups attached to an aromatic ring is 1. The maximum atomic E-state index is 6.02. The molecule has 3 heterocycles. The highest BCUT2D eigenvalue weighted by Gasteiger charge is 2.43. The van der Waals surface area contributed by atoms with Crippen LogP contribution in [0.4, 0.5) is 11.5 Å². The lowest BCUT2D eigenvalue weighted by Gasteiger charge is -2.35. The van der Waals surface area contributed by atoms with Gasteiger partial charge in [-0.3, -0.25) is 4.90 Å². The molecule has 2 fully saturated rings. The van der Waals surface area contributed by atoms with Crippen LogP contribution in [0.5, 0.6) is 0 Å². The molecular formula is C17H20N4. The second-order valence-electron chi connectivity index (χ2n) is 6.02. The Balaban J connectivity index is 1.47. The zero-order valence-electron chi connectivity index (χ0n) is 12.0. The number of piperazine rings is 1. The highest BCUT2D eigenvalue weighted by atomic mass is 15.4. The van der Waals surface area contributed by atoms with Gasteiger partial charge in [-0.15, -0.1) is 0 Å². The van der Waals surface area contributed by atoms with Gasteiger partial charge >= 0.3 is 0 Å². The highest BCUT2D eigenvalue weighted by molar-refractivity contribution is 5.64. The van der Waals surface area contributed by atoms with E-state index < -0.39 is 0 Å². The summed E-state index contributed by atoms with van der Waals surface area (Å²) in [6, 6.07) is 16.0. The van der Waals surface area contributed by atoms with E-state index in [1.807, 2.05) is 6.07 Å². The molecule has 2 aliphatic rings. The van der Waals surface area contributed by atoms with Gasteiger partial charge in [-0.25, -0.2) is 4.98 Å². The van der Waals surface area contributed by atoms with Crippen molar-refractivity contribution >= 4 is 11.5 Å². The van der Waals surface area contributed by atoms with Gasteiger partial charge in [-0.1, -0.05) is 30.3 Å². The predicted octanol–water partition coefficient (Wildman–Crippen LogP) is 2.13. The fraction of sp³-hybridized carbons (Fsp3) is 0.353. The third-order valence-electron chi connectivity index (χ3n) is 4.71. The van der Waals surface area contributed by atoms with Gasteiger partial charge in [-0.05, 0) is 24.1 Å². The van der Waals surface area contributed by atoms with Crippen molar-refractivity contribution < 1.29 is 0 Å². The second kappa shape index (κ2) is 5.04. The molecule has 0 saturated carbocycles. The molecule has 4 heteroatoms. The molecule has 21 heavy (non-hydrogen) atoms. The number of hydrogen-bond acceptors (Lipinski definition) is 4. The molecule has 2 saturated heterocycles. The molecule has 1 aromatic heterocycles. The summed E-state index contributed by atoms with van der Waals surface area (Å²) in [7, 11) is 0. The summed E-state index contributed by atoms with van der Waals surface area (Å²) in [5, 5.41) is 0. The summed E-state index contributed by atoms with van der Waals surface area (Å²) >= 11 is 0. The number of pyridine rings is 1. The number of fused-ring (bicyclic) bond motifs is 2. The highest BCUT2D eigenvalue weighted by Crippen LogP contribution is 2.36. The lowest BCUT2D eigenvalue weighted by Crippen LogP contribution is -2.46. The lowest BCUT2D eigenvalue weighted by molar-refractivity contribution is 0.230. The van der Waals surface area contributed by atoms with E-state index in [-0.39, 0.29) is 0 Å². The Morgan fingerprint density at radius 1 is 1.05 bits per heavy atom. The lowest BCUT2D eigenvalue weighted by atomic mass is 10.2. The van der Waals surface area contributed by atoms with E-state index in [1.165, 1.54) is 12.0 Å². The van der Waals surface area contributed by atoms with Crippen molar-refractivity contribution in [3.8, 4) is 0 Å². The Labute approximate surface area is 125 Å². The van der Waals surface area contributed by atoms with E-state index in [2.05, 4.69) is 51.2 Å². The summed E-state index contributed by atoms with van der Waals surface area (Å²) in [5.41, 5.74) is 8.53. The van der Waals surface area contributed by atoms with E-state index in [0.29, 0.717) is 17.9 Å². The fourth-order valence-electron chi connectivity index (χ4n) is 3.71. The van der Waals surface area contributed by atoms with Gasteiger partial charge in [-0.2, -0.15) is 0 Å². The van der Waals surface area contributed by atoms with Crippen molar-refractivity contribution in [2.75, 3.05) is 23.7 Å². The van der Waals surface area contributed by atoms with Crippen molar-refractivity contribution in [3.63, 3.8) is 0 Å². The number of hydrogen-bond donors (Lipinski definition) is 1. The predicted molar refractivity (Wildman–Crippen MR) is 85.0 cm³/mol. The number of benzene rings is 1. The first-order valence-corrected chi connectivity index (χ1v) is 7.56. The van der Waals surface area contributed by atoms with E-state index in [0.717, 1.165) is 25.3 Å². The molecule has 4 rings (SSSR count). The molecule has 2 atom stereocenters. The van der Waals surface area contributed by atoms with Crippen molar-refractivity contribution in [1.82, 2.24) is 9.88 Å². The molecule has 2 N–H and O–H groups in total. The molecular weight excluding hydrogens is 260 g/mol. The van der Waals surface area contributed by atoms with Crippen LogP contribution in [-0.4, -0.2) is 35.1 Å². The number of rotatable bonds is 3. The molecule has 0 radical (unpaired) electrons. The number of aromatic nitrogens is 1. The zero-order valence-corrected chi connectivity index (χ0v) is 12.0. The van der Waals surface area contributed by atoms with Gasteiger partial charge in [0.2, 0.25) is 0 Å². The molecule has 2 aromatic rings. The number of nitrogens with zero attached hydrogens (tertiary/aromatic N) is 3. The van der Waals surface area contributed by atoms with Crippen molar-refractivity contribution in [2.24, 2.45) is 0 Å². The minimum absolute atomic E-state index is 0.574. The fourth-order valence-corrected chi connectivity index (χ4v) is 3.71. The standard InChI is InChI=1S/C17H20N4/c18-17-16(7-4-8-19-17)21-12-14-9-15(21)11-20(14)10-13-5-2-1-3-6-13/h1-8,14-15H,9-12H2,(H2,18,19). The zero-order chi connectivity index (χ0) is 14.2. The average molecular weight is 280 g/mol. The van der Waals surface area contributed by atoms with Crippen LogP contribution in [0, 0.1) is 0 Å². The normalized spacial score (nSPS) is 24.7. The van der Waals surface area contributed by atoms with E-state index in [1.54, 1.807) is 6.20 Å². The molecule has 1 aromatic carbocycles. The Bertz CT molecular complexity index is 628. The third kappa shape index (κ3) is 2.25. The van der Waals surface area contributed by atoms with Crippen LogP contribution in [0.3, 0.4) is 0 Å². The van der Waals surface area contributed by atoms with Crippen molar-refractivity contribution in [1.29, 1.82) is 0 Å². The first kappa shape index (κ1) is 12.7. The largest absolute Gasteiger partial charge is 0.382 e. The van der Waals surface area contributed by atoms with Crippen LogP contribution < -0.4 is 10.6 Å². The van der Waals surface area contributed by atoms with Crippen LogP contribution in [0.2, 0.25) is 0 Å². The average Bonchev–Trinajstić information content (AvgIpc) is 3.09. The van der Waals surface area contributed by atoms with Gasteiger partial charge in [0.25, 0.3) is 0 Å². The maximum absolute atomic E-state index is 6.02. The van der Waals surface area contributed by atoms with Crippen molar-refractivity contribution in [2.45, 2.75) is 25.0 Å². The van der Waals surface area contributed by atoms with E-state index in [9.17, 15) is 0 Å². The number of likely N-dealkylation sites (tertiary alicyclic amines) is 1. The third-order valence-corrected chi connectivity index (χ3v) is 4.71. The van der Waals surface area contributed by atoms with Gasteiger partial charge in [0.15, 0.2) is 0 Å². The van der Waals surface area contributed by atoms with Crippen LogP contribution in [-0.2, 0) is 6.54 Å². The molecule has 108 valence electrons. The smallest absolute Gasteiger partial charge is 0.146 e. The van der Waals surface area contributed by atoms with Gasteiger partial charge in [0, 0.05) is 37.9 Å². The maximum Gasteiger partial charge on any atom is 0.146 e. The van der Waals surface area contributed by atoms with Gasteiger partial charge in [0.1, 0.15) is 5.82 Å². The summed E-state index contributed by atoms with van der Waals surface area (Å²) in [6.45, 7) is 3.24. The quantitative estimate of drug-likeness (QED) is 0.935. The first-order valence-electron chi connectivity index (χ1n) is 7.56. The summed E-state index contributed by atoms with van der Waals surface area (Å²) in [5.74, 6) is 0.652. The van der Waals surface area contributed by atoms with Crippen LogP contribution >= 0.6 is 0 Å². The topological polar surface area (TPSA) is 45.4 Å². The molecule has 0 aliphatic carbocycles. The summed E-state index contributed by atoms with van der Waals surface area (Å²) in [6.07, 6.45) is 3.00. The Hall–Kier alpha value is -2.07. The Morgan fingerprint density at radius 2 is 1.90 bits per heavy atom. The summed E-state index contributed by atoms with van der Waals surface area (Å²) in [4.78, 5) is 9.26.